The first kappa shape index (κ1) is 29.8. The average molecular weight is 600 g/mol. The van der Waals surface area contributed by atoms with Crippen molar-refractivity contribution in [3.63, 3.8) is 0 Å². The van der Waals surface area contributed by atoms with Gasteiger partial charge >= 0.3 is 12.2 Å². The normalized spacial score (nSPS) is 19.4. The largest absolute Gasteiger partial charge is 0.508 e. The maximum absolute atomic E-state index is 13.9. The molecule has 1 unspecified atom stereocenters. The molecule has 0 radical (unpaired) electrons. The third kappa shape index (κ3) is 6.41. The topological polar surface area (TPSA) is 96.4 Å². The molecule has 4 amide bonds. The number of alkyl halides is 3. The minimum absolute atomic E-state index is 0.00819. The molecule has 0 aromatic heterocycles. The number of fused-ring (bicyclic) bond motifs is 1. The van der Waals surface area contributed by atoms with Gasteiger partial charge in [0.15, 0.2) is 0 Å². The molecule has 0 spiro atoms. The zero-order valence-corrected chi connectivity index (χ0v) is 23.1. The van der Waals surface area contributed by atoms with Crippen LogP contribution in [0.2, 0.25) is 0 Å². The number of nitrogens with zero attached hydrogens (tertiary/aromatic N) is 4. The smallest absolute Gasteiger partial charge is 0.416 e. The number of hydrogen-bond donors (Lipinski definition) is 2. The highest BCUT2D eigenvalue weighted by Gasteiger charge is 2.51. The quantitative estimate of drug-likeness (QED) is 0.421. The van der Waals surface area contributed by atoms with Crippen molar-refractivity contribution in [1.29, 1.82) is 0 Å². The second-order valence-electron chi connectivity index (χ2n) is 10.5. The van der Waals surface area contributed by atoms with E-state index in [1.807, 2.05) is 30.3 Å². The lowest BCUT2D eigenvalue weighted by Crippen LogP contribution is -2.76. The Kier molecular flexibility index (Phi) is 8.27. The summed E-state index contributed by atoms with van der Waals surface area (Å²) in [5, 5.41) is 15.2. The Morgan fingerprint density at radius 3 is 2.37 bits per heavy atom. The van der Waals surface area contributed by atoms with Gasteiger partial charge in [0.1, 0.15) is 23.8 Å². The van der Waals surface area contributed by atoms with Gasteiger partial charge in [0.2, 0.25) is 11.8 Å². The number of phenols is 1. The van der Waals surface area contributed by atoms with Crippen LogP contribution in [0.1, 0.15) is 22.3 Å². The molecule has 2 aliphatic rings. The Hall–Kier alpha value is -4.65. The molecule has 0 aliphatic carbocycles. The molecule has 2 saturated heterocycles. The predicted octanol–water partition coefficient (Wildman–Crippen LogP) is 3.73. The van der Waals surface area contributed by atoms with Crippen LogP contribution in [0.4, 0.5) is 22.4 Å². The Labute approximate surface area is 244 Å². The molecule has 2 N–H and O–H groups in total. The van der Waals surface area contributed by atoms with Crippen LogP contribution in [0.5, 0.6) is 5.75 Å². The van der Waals surface area contributed by atoms with Crippen LogP contribution >= 0.6 is 0 Å². The van der Waals surface area contributed by atoms with Crippen LogP contribution in [-0.4, -0.2) is 75.1 Å². The minimum Gasteiger partial charge on any atom is -0.508 e. The van der Waals surface area contributed by atoms with E-state index in [0.29, 0.717) is 11.6 Å². The molecule has 43 heavy (non-hydrogen) atoms. The van der Waals surface area contributed by atoms with Crippen LogP contribution in [0, 0.1) is 5.82 Å². The maximum Gasteiger partial charge on any atom is 0.416 e. The number of hydrazine groups is 1. The number of hydrogen-bond acceptors (Lipinski definition) is 5. The van der Waals surface area contributed by atoms with Gasteiger partial charge in [-0.2, -0.15) is 13.2 Å². The van der Waals surface area contributed by atoms with Crippen molar-refractivity contribution >= 4 is 17.8 Å². The van der Waals surface area contributed by atoms with E-state index in [-0.39, 0.29) is 37.4 Å². The second kappa shape index (κ2) is 11.9. The van der Waals surface area contributed by atoms with Gasteiger partial charge in [-0.3, -0.25) is 9.59 Å². The molecule has 3 aromatic carbocycles. The van der Waals surface area contributed by atoms with Crippen molar-refractivity contribution in [2.24, 2.45) is 0 Å². The van der Waals surface area contributed by atoms with E-state index in [9.17, 15) is 37.1 Å². The van der Waals surface area contributed by atoms with Crippen molar-refractivity contribution in [3.8, 4) is 5.75 Å². The SMILES string of the molecule is CN1CC(=O)N2C(CN(Cc3ccc(F)cc3C(F)(F)F)C(=O)[C@@H]2Cc2ccc(O)cc2)N1C(=O)NCc1ccccc1. The summed E-state index contributed by atoms with van der Waals surface area (Å²) in [5.74, 6) is -2.14. The first-order valence-electron chi connectivity index (χ1n) is 13.5. The summed E-state index contributed by atoms with van der Waals surface area (Å²) in [5.41, 5.74) is -0.131. The molecule has 9 nitrogen and oxygen atoms in total. The van der Waals surface area contributed by atoms with Gasteiger partial charge in [0.05, 0.1) is 18.7 Å². The number of piperazine rings is 1. The predicted molar refractivity (Wildman–Crippen MR) is 146 cm³/mol. The first-order chi connectivity index (χ1) is 20.4. The highest BCUT2D eigenvalue weighted by molar-refractivity contribution is 5.91. The lowest BCUT2D eigenvalue weighted by atomic mass is 9.97. The van der Waals surface area contributed by atoms with Crippen LogP contribution in [-0.2, 0) is 35.3 Å². The highest BCUT2D eigenvalue weighted by atomic mass is 19.4. The fraction of sp³-hybridized carbons (Fsp3) is 0.300. The number of urea groups is 1. The van der Waals surface area contributed by atoms with E-state index in [1.54, 1.807) is 12.1 Å². The number of benzene rings is 3. The maximum atomic E-state index is 13.9. The van der Waals surface area contributed by atoms with E-state index >= 15 is 0 Å². The number of likely N-dealkylation sites (N-methyl/N-ethyl adjacent to an activating group) is 1. The van der Waals surface area contributed by atoms with Gasteiger partial charge in [-0.05, 0) is 41.0 Å². The average Bonchev–Trinajstić information content (AvgIpc) is 2.96. The van der Waals surface area contributed by atoms with Gasteiger partial charge in [0, 0.05) is 26.6 Å². The number of nitrogens with one attached hydrogen (secondary N) is 1. The molecule has 2 heterocycles. The van der Waals surface area contributed by atoms with Gasteiger partial charge in [-0.15, -0.1) is 0 Å². The minimum atomic E-state index is -4.88. The number of rotatable bonds is 6. The number of phenolic OH excluding ortho intramolecular Hbond substituents is 1. The first-order valence-corrected chi connectivity index (χ1v) is 13.5. The van der Waals surface area contributed by atoms with Crippen LogP contribution in [0.25, 0.3) is 0 Å². The summed E-state index contributed by atoms with van der Waals surface area (Å²) in [6, 6.07) is 15.6. The van der Waals surface area contributed by atoms with Crippen molar-refractivity contribution in [1.82, 2.24) is 25.1 Å². The number of aromatic hydroxyl groups is 1. The number of carbonyl (C=O) groups is 3. The molecular formula is C30H29F4N5O4. The van der Waals surface area contributed by atoms with Crippen molar-refractivity contribution in [2.75, 3.05) is 20.1 Å². The van der Waals surface area contributed by atoms with Gasteiger partial charge in [0.25, 0.3) is 0 Å². The van der Waals surface area contributed by atoms with E-state index in [0.717, 1.165) is 17.7 Å². The zero-order chi connectivity index (χ0) is 30.9. The second-order valence-corrected chi connectivity index (χ2v) is 10.5. The van der Waals surface area contributed by atoms with E-state index in [1.165, 1.54) is 39.0 Å². The molecule has 226 valence electrons. The van der Waals surface area contributed by atoms with E-state index in [2.05, 4.69) is 5.32 Å². The molecule has 2 aliphatic heterocycles. The lowest BCUT2D eigenvalue weighted by molar-refractivity contribution is -0.187. The van der Waals surface area contributed by atoms with Crippen LogP contribution < -0.4 is 5.32 Å². The third-order valence-electron chi connectivity index (χ3n) is 7.54. The standard InChI is InChI=1S/C30H29F4N5O4/c1-36-18-27(41)38-25(13-19-7-11-23(40)12-8-19)28(42)37(16-21-9-10-22(31)14-24(21)30(32,33)34)17-26(38)39(36)29(43)35-15-20-5-3-2-4-6-20/h2-12,14,25-26,40H,13,15-18H2,1H3,(H,35,43)/t25-,26?/m0/s1. The van der Waals surface area contributed by atoms with Gasteiger partial charge < -0.3 is 20.2 Å². The number of carbonyl (C=O) groups excluding carboxylic acids is 3. The molecule has 13 heteroatoms. The van der Waals surface area contributed by atoms with Gasteiger partial charge in [-0.25, -0.2) is 19.2 Å². The highest BCUT2D eigenvalue weighted by Crippen LogP contribution is 2.35. The van der Waals surface area contributed by atoms with Crippen molar-refractivity contribution in [2.45, 2.75) is 37.9 Å². The fourth-order valence-corrected chi connectivity index (χ4v) is 5.51. The molecule has 0 saturated carbocycles. The Morgan fingerprint density at radius 2 is 1.70 bits per heavy atom. The Morgan fingerprint density at radius 1 is 1.00 bits per heavy atom. The summed E-state index contributed by atoms with van der Waals surface area (Å²) in [6.07, 6.45) is -5.94. The Bertz CT molecular complexity index is 1500. The summed E-state index contributed by atoms with van der Waals surface area (Å²) in [6.45, 7) is -0.851. The van der Waals surface area contributed by atoms with Crippen LogP contribution in [0.15, 0.2) is 72.8 Å². The molecule has 2 fully saturated rings. The fourth-order valence-electron chi connectivity index (χ4n) is 5.51. The zero-order valence-electron chi connectivity index (χ0n) is 23.1. The molecular weight excluding hydrogens is 570 g/mol. The summed E-state index contributed by atoms with van der Waals surface area (Å²) >= 11 is 0. The molecule has 0 bridgehead atoms. The Balaban J connectivity index is 1.50. The summed E-state index contributed by atoms with van der Waals surface area (Å²) in [4.78, 5) is 43.3. The number of amides is 4. The van der Waals surface area contributed by atoms with Crippen LogP contribution in [0.3, 0.4) is 0 Å². The molecule has 5 rings (SSSR count). The number of halogens is 4. The summed E-state index contributed by atoms with van der Waals surface area (Å²) in [7, 11) is 1.54. The molecule has 3 aromatic rings. The van der Waals surface area contributed by atoms with Crippen molar-refractivity contribution < 1.29 is 37.1 Å². The van der Waals surface area contributed by atoms with Gasteiger partial charge in [-0.1, -0.05) is 48.5 Å². The third-order valence-corrected chi connectivity index (χ3v) is 7.54. The van der Waals surface area contributed by atoms with E-state index < -0.39 is 54.2 Å². The monoisotopic (exact) mass is 599 g/mol. The van der Waals surface area contributed by atoms with Crippen molar-refractivity contribution in [3.05, 3.63) is 101 Å². The molecule has 2 atom stereocenters. The lowest BCUT2D eigenvalue weighted by Gasteiger charge is -2.54. The summed E-state index contributed by atoms with van der Waals surface area (Å²) < 4.78 is 55.3. The van der Waals surface area contributed by atoms with E-state index in [4.69, 9.17) is 0 Å².